The van der Waals surface area contributed by atoms with Crippen LogP contribution >= 0.6 is 0 Å². The third-order valence-corrected chi connectivity index (χ3v) is 4.01. The maximum Gasteiger partial charge on any atom is 0.0815 e. The number of aromatic nitrogens is 2. The maximum atomic E-state index is 4.68. The summed E-state index contributed by atoms with van der Waals surface area (Å²) >= 11 is 0. The molecule has 0 aliphatic rings. The first-order valence-electron chi connectivity index (χ1n) is 8.01. The molecule has 1 N–H and O–H groups in total. The van der Waals surface area contributed by atoms with Crippen molar-refractivity contribution in [1.29, 1.82) is 0 Å². The summed E-state index contributed by atoms with van der Waals surface area (Å²) in [6.45, 7) is 9.64. The molecule has 0 aliphatic carbocycles. The molecule has 0 bridgehead atoms. The quantitative estimate of drug-likeness (QED) is 0.777. The van der Waals surface area contributed by atoms with Crippen LogP contribution in [0.3, 0.4) is 0 Å². The van der Waals surface area contributed by atoms with Gasteiger partial charge in [0.1, 0.15) is 0 Å². The van der Waals surface area contributed by atoms with Crippen LogP contribution in [0.1, 0.15) is 63.8 Å². The van der Waals surface area contributed by atoms with Crippen molar-refractivity contribution in [3.8, 4) is 0 Å². The number of rotatable bonds is 7. The van der Waals surface area contributed by atoms with E-state index in [0.717, 1.165) is 25.1 Å². The Labute approximate surface area is 128 Å². The molecule has 2 aromatic rings. The van der Waals surface area contributed by atoms with E-state index in [-0.39, 0.29) is 0 Å². The van der Waals surface area contributed by atoms with Gasteiger partial charge in [-0.2, -0.15) is 5.10 Å². The van der Waals surface area contributed by atoms with Gasteiger partial charge >= 0.3 is 0 Å². The molecule has 0 amide bonds. The van der Waals surface area contributed by atoms with Crippen molar-refractivity contribution >= 4 is 5.69 Å². The Kier molecular flexibility index (Phi) is 5.43. The number of hydrogen-bond donors (Lipinski definition) is 1. The molecule has 0 saturated carbocycles. The molecule has 0 atom stereocenters. The zero-order chi connectivity index (χ0) is 15.2. The van der Waals surface area contributed by atoms with Crippen molar-refractivity contribution in [2.45, 2.75) is 59.0 Å². The molecule has 0 saturated heterocycles. The summed E-state index contributed by atoms with van der Waals surface area (Å²) in [6, 6.07) is 11.3. The third kappa shape index (κ3) is 4.10. The van der Waals surface area contributed by atoms with Crippen LogP contribution in [-0.2, 0) is 6.54 Å². The summed E-state index contributed by atoms with van der Waals surface area (Å²) in [5.74, 6) is 0.556. The Morgan fingerprint density at radius 2 is 1.90 bits per heavy atom. The predicted molar refractivity (Wildman–Crippen MR) is 89.7 cm³/mol. The van der Waals surface area contributed by atoms with Crippen LogP contribution in [0.25, 0.3) is 0 Å². The molecule has 21 heavy (non-hydrogen) atoms. The molecule has 1 aromatic heterocycles. The molecule has 1 aromatic carbocycles. The van der Waals surface area contributed by atoms with Crippen molar-refractivity contribution in [3.63, 3.8) is 0 Å². The molecule has 0 radical (unpaired) electrons. The van der Waals surface area contributed by atoms with Gasteiger partial charge < -0.3 is 5.32 Å². The van der Waals surface area contributed by atoms with Gasteiger partial charge in [-0.05, 0) is 42.5 Å². The lowest BCUT2D eigenvalue weighted by Gasteiger charge is -2.12. The summed E-state index contributed by atoms with van der Waals surface area (Å²) < 4.78 is 2.10. The molecule has 114 valence electrons. The Morgan fingerprint density at radius 1 is 1.14 bits per heavy atom. The highest BCUT2D eigenvalue weighted by Gasteiger charge is 2.08. The minimum absolute atomic E-state index is 0.517. The van der Waals surface area contributed by atoms with Gasteiger partial charge in [0.2, 0.25) is 0 Å². The van der Waals surface area contributed by atoms with E-state index in [1.165, 1.54) is 11.3 Å². The predicted octanol–water partition coefficient (Wildman–Crippen LogP) is 4.98. The minimum atomic E-state index is 0.517. The zero-order valence-corrected chi connectivity index (χ0v) is 13.6. The molecule has 3 heteroatoms. The van der Waals surface area contributed by atoms with Gasteiger partial charge in [0.05, 0.1) is 18.3 Å². The molecule has 0 fully saturated rings. The Bertz CT molecular complexity index is 553. The number of nitrogens with zero attached hydrogens (tertiary/aromatic N) is 2. The molecule has 2 rings (SSSR count). The van der Waals surface area contributed by atoms with Crippen LogP contribution < -0.4 is 5.32 Å². The smallest absolute Gasteiger partial charge is 0.0815 e. The summed E-state index contributed by atoms with van der Waals surface area (Å²) in [5.41, 5.74) is 3.62. The van der Waals surface area contributed by atoms with Crippen LogP contribution in [-0.4, -0.2) is 9.78 Å². The first kappa shape index (κ1) is 15.6. The minimum Gasteiger partial charge on any atom is -0.379 e. The van der Waals surface area contributed by atoms with Crippen molar-refractivity contribution in [2.75, 3.05) is 5.32 Å². The van der Waals surface area contributed by atoms with E-state index in [0.29, 0.717) is 12.0 Å². The van der Waals surface area contributed by atoms with E-state index in [1.54, 1.807) is 0 Å². The van der Waals surface area contributed by atoms with Gasteiger partial charge in [-0.3, -0.25) is 4.68 Å². The van der Waals surface area contributed by atoms with Crippen molar-refractivity contribution in [3.05, 3.63) is 47.8 Å². The van der Waals surface area contributed by atoms with Crippen LogP contribution in [0, 0.1) is 0 Å². The Balaban J connectivity index is 1.98. The summed E-state index contributed by atoms with van der Waals surface area (Å²) in [4.78, 5) is 0. The van der Waals surface area contributed by atoms with Gasteiger partial charge in [-0.1, -0.05) is 39.8 Å². The Hall–Kier alpha value is -1.77. The standard InChI is InChI=1S/C18H27N3/c1-5-18(6-2)21-11-10-17(20-21)13-19-16-9-7-8-15(12-16)14(3)4/h7-12,14,18-19H,5-6,13H2,1-4H3. The number of benzene rings is 1. The molecule has 1 heterocycles. The highest BCUT2D eigenvalue weighted by Crippen LogP contribution is 2.19. The van der Waals surface area contributed by atoms with E-state index < -0.39 is 0 Å². The van der Waals surface area contributed by atoms with Crippen LogP contribution in [0.15, 0.2) is 36.5 Å². The molecular weight excluding hydrogens is 258 g/mol. The molecule has 0 spiro atoms. The molecular formula is C18H27N3. The fourth-order valence-corrected chi connectivity index (χ4v) is 2.54. The van der Waals surface area contributed by atoms with Crippen molar-refractivity contribution < 1.29 is 0 Å². The van der Waals surface area contributed by atoms with Gasteiger partial charge in [-0.15, -0.1) is 0 Å². The second kappa shape index (κ2) is 7.30. The maximum absolute atomic E-state index is 4.68. The van der Waals surface area contributed by atoms with Crippen molar-refractivity contribution in [1.82, 2.24) is 9.78 Å². The SMILES string of the molecule is CCC(CC)n1ccc(CNc2cccc(C(C)C)c2)n1. The normalized spacial score (nSPS) is 11.3. The largest absolute Gasteiger partial charge is 0.379 e. The highest BCUT2D eigenvalue weighted by molar-refractivity contribution is 5.46. The average Bonchev–Trinajstić information content (AvgIpc) is 2.95. The van der Waals surface area contributed by atoms with Crippen LogP contribution in [0.2, 0.25) is 0 Å². The average molecular weight is 285 g/mol. The summed E-state index contributed by atoms with van der Waals surface area (Å²) in [6.07, 6.45) is 4.35. The fraction of sp³-hybridized carbons (Fsp3) is 0.500. The summed E-state index contributed by atoms with van der Waals surface area (Å²) in [7, 11) is 0. The lowest BCUT2D eigenvalue weighted by Crippen LogP contribution is -2.09. The van der Waals surface area contributed by atoms with E-state index in [4.69, 9.17) is 0 Å². The monoisotopic (exact) mass is 285 g/mol. The molecule has 3 nitrogen and oxygen atoms in total. The molecule has 0 aliphatic heterocycles. The van der Waals surface area contributed by atoms with Gasteiger partial charge in [-0.25, -0.2) is 0 Å². The van der Waals surface area contributed by atoms with E-state index >= 15 is 0 Å². The van der Waals surface area contributed by atoms with Crippen molar-refractivity contribution in [2.24, 2.45) is 0 Å². The number of hydrogen-bond acceptors (Lipinski definition) is 2. The van der Waals surface area contributed by atoms with Crippen LogP contribution in [0.4, 0.5) is 5.69 Å². The van der Waals surface area contributed by atoms with E-state index in [2.05, 4.69) is 79.3 Å². The lowest BCUT2D eigenvalue weighted by molar-refractivity contribution is 0.426. The first-order chi connectivity index (χ1) is 10.1. The second-order valence-corrected chi connectivity index (χ2v) is 5.89. The Morgan fingerprint density at radius 3 is 2.57 bits per heavy atom. The fourth-order valence-electron chi connectivity index (χ4n) is 2.54. The zero-order valence-electron chi connectivity index (χ0n) is 13.6. The van der Waals surface area contributed by atoms with Gasteiger partial charge in [0.15, 0.2) is 0 Å². The second-order valence-electron chi connectivity index (χ2n) is 5.89. The summed E-state index contributed by atoms with van der Waals surface area (Å²) in [5, 5.41) is 8.15. The van der Waals surface area contributed by atoms with E-state index in [9.17, 15) is 0 Å². The first-order valence-corrected chi connectivity index (χ1v) is 8.01. The third-order valence-electron chi connectivity index (χ3n) is 4.01. The van der Waals surface area contributed by atoms with Gasteiger partial charge in [0, 0.05) is 11.9 Å². The van der Waals surface area contributed by atoms with Gasteiger partial charge in [0.25, 0.3) is 0 Å². The lowest BCUT2D eigenvalue weighted by atomic mass is 10.0. The molecule has 0 unspecified atom stereocenters. The van der Waals surface area contributed by atoms with E-state index in [1.807, 2.05) is 0 Å². The van der Waals surface area contributed by atoms with Crippen LogP contribution in [0.5, 0.6) is 0 Å². The highest BCUT2D eigenvalue weighted by atomic mass is 15.3. The topological polar surface area (TPSA) is 29.9 Å². The number of anilines is 1. The number of nitrogens with one attached hydrogen (secondary N) is 1.